The number of nitrogens with one attached hydrogen (secondary N) is 1. The zero-order valence-corrected chi connectivity index (χ0v) is 15.5. The lowest BCUT2D eigenvalue weighted by Crippen LogP contribution is -2.33. The van der Waals surface area contributed by atoms with Gasteiger partial charge in [-0.2, -0.15) is 4.52 Å². The van der Waals surface area contributed by atoms with E-state index >= 15 is 0 Å². The van der Waals surface area contributed by atoms with Crippen LogP contribution < -0.4 is 10.9 Å². The molecule has 0 radical (unpaired) electrons. The molecule has 2 heterocycles. The average molecular weight is 355 g/mol. The number of thioether (sulfide) groups is 1. The second-order valence-corrected chi connectivity index (χ2v) is 8.51. The molecule has 1 amide bonds. The average Bonchev–Trinajstić information content (AvgIpc) is 2.88. The minimum Gasteiger partial charge on any atom is -0.353 e. The standard InChI is InChI=1S/C14H21N5O2S2/c1-6-8(2)15-9(20)7-22-13-18-19-11(21)10(14(3,4)5)16-17-12(19)23-13/h8H,6-7H2,1-5H3,(H,15,20). The van der Waals surface area contributed by atoms with Crippen molar-refractivity contribution in [2.24, 2.45) is 0 Å². The van der Waals surface area contributed by atoms with Gasteiger partial charge in [-0.15, -0.1) is 15.3 Å². The van der Waals surface area contributed by atoms with E-state index in [0.29, 0.717) is 15.0 Å². The molecular formula is C14H21N5O2S2. The highest BCUT2D eigenvalue weighted by molar-refractivity contribution is 8.01. The van der Waals surface area contributed by atoms with E-state index in [2.05, 4.69) is 20.6 Å². The van der Waals surface area contributed by atoms with Crippen LogP contribution in [0.5, 0.6) is 0 Å². The molecule has 0 saturated carbocycles. The Kier molecular flexibility index (Phi) is 5.41. The Bertz CT molecular complexity index is 763. The summed E-state index contributed by atoms with van der Waals surface area (Å²) in [6, 6.07) is 0.154. The molecule has 1 N–H and O–H groups in total. The molecule has 0 aliphatic heterocycles. The Balaban J connectivity index is 2.17. The highest BCUT2D eigenvalue weighted by Gasteiger charge is 2.23. The van der Waals surface area contributed by atoms with Crippen molar-refractivity contribution < 1.29 is 4.79 Å². The smallest absolute Gasteiger partial charge is 0.297 e. The van der Waals surface area contributed by atoms with Gasteiger partial charge in [0.2, 0.25) is 10.9 Å². The maximum atomic E-state index is 12.4. The second kappa shape index (κ2) is 6.96. The summed E-state index contributed by atoms with van der Waals surface area (Å²) in [7, 11) is 0. The maximum Gasteiger partial charge on any atom is 0.297 e. The molecular weight excluding hydrogens is 334 g/mol. The van der Waals surface area contributed by atoms with Gasteiger partial charge in [0.15, 0.2) is 4.34 Å². The topological polar surface area (TPSA) is 89.3 Å². The van der Waals surface area contributed by atoms with E-state index in [1.165, 1.54) is 27.6 Å². The maximum absolute atomic E-state index is 12.4. The molecule has 0 fully saturated rings. The molecule has 0 saturated heterocycles. The monoisotopic (exact) mass is 355 g/mol. The van der Waals surface area contributed by atoms with Gasteiger partial charge in [-0.25, -0.2) is 0 Å². The lowest BCUT2D eigenvalue weighted by Gasteiger charge is -2.14. The van der Waals surface area contributed by atoms with Gasteiger partial charge in [0.1, 0.15) is 5.69 Å². The molecule has 1 atom stereocenters. The van der Waals surface area contributed by atoms with Crippen LogP contribution in [-0.2, 0) is 10.2 Å². The van der Waals surface area contributed by atoms with Crippen LogP contribution in [0.1, 0.15) is 46.7 Å². The van der Waals surface area contributed by atoms with Crippen LogP contribution in [-0.4, -0.2) is 37.5 Å². The number of hydrogen-bond acceptors (Lipinski definition) is 7. The lowest BCUT2D eigenvalue weighted by molar-refractivity contribution is -0.119. The minimum absolute atomic E-state index is 0.0441. The molecule has 0 aliphatic carbocycles. The van der Waals surface area contributed by atoms with E-state index in [-0.39, 0.29) is 23.3 Å². The number of nitrogens with zero attached hydrogens (tertiary/aromatic N) is 4. The van der Waals surface area contributed by atoms with Gasteiger partial charge < -0.3 is 5.32 Å². The van der Waals surface area contributed by atoms with Crippen molar-refractivity contribution in [3.63, 3.8) is 0 Å². The summed E-state index contributed by atoms with van der Waals surface area (Å²) in [5.74, 6) is 0.218. The van der Waals surface area contributed by atoms with Crippen molar-refractivity contribution in [1.82, 2.24) is 25.1 Å². The Labute approximate surface area is 142 Å². The van der Waals surface area contributed by atoms with E-state index in [1.54, 1.807) is 0 Å². The summed E-state index contributed by atoms with van der Waals surface area (Å²) in [6.45, 7) is 9.71. The van der Waals surface area contributed by atoms with E-state index in [9.17, 15) is 9.59 Å². The first-order valence-electron chi connectivity index (χ1n) is 7.41. The molecule has 23 heavy (non-hydrogen) atoms. The van der Waals surface area contributed by atoms with E-state index in [0.717, 1.165) is 6.42 Å². The zero-order chi connectivity index (χ0) is 17.2. The third kappa shape index (κ3) is 4.29. The first-order chi connectivity index (χ1) is 10.7. The molecule has 0 aromatic carbocycles. The predicted molar refractivity (Wildman–Crippen MR) is 92.2 cm³/mol. The molecule has 2 aromatic rings. The molecule has 126 valence electrons. The third-order valence-corrected chi connectivity index (χ3v) is 5.26. The number of rotatable bonds is 5. The SMILES string of the molecule is CCC(C)NC(=O)CSc1nn2c(=O)c(C(C)(C)C)nnc2s1. The first kappa shape index (κ1) is 17.9. The fourth-order valence-electron chi connectivity index (χ4n) is 1.77. The van der Waals surface area contributed by atoms with E-state index in [1.807, 2.05) is 34.6 Å². The highest BCUT2D eigenvalue weighted by Crippen LogP contribution is 2.23. The van der Waals surface area contributed by atoms with Gasteiger partial charge >= 0.3 is 0 Å². The molecule has 0 spiro atoms. The van der Waals surface area contributed by atoms with Crippen LogP contribution in [0.2, 0.25) is 0 Å². The van der Waals surface area contributed by atoms with Crippen molar-refractivity contribution in [3.05, 3.63) is 16.0 Å². The van der Waals surface area contributed by atoms with Gasteiger partial charge in [0.05, 0.1) is 5.75 Å². The fourth-order valence-corrected chi connectivity index (χ4v) is 3.46. The molecule has 9 heteroatoms. The molecule has 1 unspecified atom stereocenters. The summed E-state index contributed by atoms with van der Waals surface area (Å²) in [4.78, 5) is 24.7. The molecule has 7 nitrogen and oxygen atoms in total. The number of hydrogen-bond donors (Lipinski definition) is 1. The predicted octanol–water partition coefficient (Wildman–Crippen LogP) is 1.85. The van der Waals surface area contributed by atoms with Crippen molar-refractivity contribution in [3.8, 4) is 0 Å². The van der Waals surface area contributed by atoms with Crippen LogP contribution in [0, 0.1) is 0 Å². The Morgan fingerprint density at radius 2 is 2.09 bits per heavy atom. The first-order valence-corrected chi connectivity index (χ1v) is 9.21. The third-order valence-electron chi connectivity index (χ3n) is 3.23. The number of fused-ring (bicyclic) bond motifs is 1. The minimum atomic E-state index is -0.391. The second-order valence-electron chi connectivity index (χ2n) is 6.33. The van der Waals surface area contributed by atoms with Gasteiger partial charge in [-0.05, 0) is 13.3 Å². The number of amides is 1. The van der Waals surface area contributed by atoms with E-state index in [4.69, 9.17) is 0 Å². The van der Waals surface area contributed by atoms with Gasteiger partial charge in [0.25, 0.3) is 5.56 Å². The Morgan fingerprint density at radius 3 is 2.70 bits per heavy atom. The van der Waals surface area contributed by atoms with Crippen molar-refractivity contribution in [2.45, 2.75) is 56.8 Å². The number of aromatic nitrogens is 4. The van der Waals surface area contributed by atoms with Crippen molar-refractivity contribution in [1.29, 1.82) is 0 Å². The van der Waals surface area contributed by atoms with Crippen LogP contribution >= 0.6 is 23.1 Å². The number of carbonyl (C=O) groups is 1. The van der Waals surface area contributed by atoms with Crippen LogP contribution in [0.15, 0.2) is 9.13 Å². The summed E-state index contributed by atoms with van der Waals surface area (Å²) < 4.78 is 1.90. The summed E-state index contributed by atoms with van der Waals surface area (Å²) in [6.07, 6.45) is 0.887. The highest BCUT2D eigenvalue weighted by atomic mass is 32.2. The quantitative estimate of drug-likeness (QED) is 0.823. The molecule has 0 aliphatic rings. The van der Waals surface area contributed by atoms with Crippen LogP contribution in [0.25, 0.3) is 4.96 Å². The van der Waals surface area contributed by atoms with Crippen molar-refractivity contribution >= 4 is 34.0 Å². The summed E-state index contributed by atoms with van der Waals surface area (Å²) in [5.41, 5.74) is -0.265. The van der Waals surface area contributed by atoms with Gasteiger partial charge in [0, 0.05) is 11.5 Å². The van der Waals surface area contributed by atoms with Crippen LogP contribution in [0.3, 0.4) is 0 Å². The Hall–Kier alpha value is -1.48. The summed E-state index contributed by atoms with van der Waals surface area (Å²) in [5, 5.41) is 15.3. The summed E-state index contributed by atoms with van der Waals surface area (Å²) >= 11 is 2.56. The fraction of sp³-hybridized carbons (Fsp3) is 0.643. The lowest BCUT2D eigenvalue weighted by atomic mass is 9.93. The number of carbonyl (C=O) groups excluding carboxylic acids is 1. The van der Waals surface area contributed by atoms with Gasteiger partial charge in [-0.3, -0.25) is 9.59 Å². The Morgan fingerprint density at radius 1 is 1.39 bits per heavy atom. The molecule has 0 bridgehead atoms. The van der Waals surface area contributed by atoms with Gasteiger partial charge in [-0.1, -0.05) is 50.8 Å². The zero-order valence-electron chi connectivity index (χ0n) is 13.9. The van der Waals surface area contributed by atoms with E-state index < -0.39 is 5.41 Å². The van der Waals surface area contributed by atoms with Crippen molar-refractivity contribution in [2.75, 3.05) is 5.75 Å². The van der Waals surface area contributed by atoms with Crippen LogP contribution in [0.4, 0.5) is 0 Å². The molecule has 2 aromatic heterocycles. The largest absolute Gasteiger partial charge is 0.353 e. The normalized spacial score (nSPS) is 13.3. The molecule has 2 rings (SSSR count).